The monoisotopic (exact) mass is 283 g/mol. The molecule has 0 aliphatic heterocycles. The summed E-state index contributed by atoms with van der Waals surface area (Å²) < 4.78 is 33.0. The van der Waals surface area contributed by atoms with Crippen LogP contribution in [0, 0.1) is 0 Å². The molecule has 0 radical (unpaired) electrons. The molecule has 0 atom stereocenters. The Bertz CT molecular complexity index is 677. The van der Waals surface area contributed by atoms with E-state index in [1.54, 1.807) is 12.1 Å². The molecule has 2 rings (SSSR count). The highest BCUT2D eigenvalue weighted by Crippen LogP contribution is 2.27. The zero-order valence-electron chi connectivity index (χ0n) is 10.8. The molecule has 0 aliphatic rings. The molecule has 0 bridgehead atoms. The molecule has 0 amide bonds. The SMILES string of the molecule is CN(C)CCc1c[nH]c2cccc(NS(=O)(=O)O)c12. The van der Waals surface area contributed by atoms with Gasteiger partial charge in [0, 0.05) is 23.6 Å². The van der Waals surface area contributed by atoms with E-state index in [1.165, 1.54) is 0 Å². The van der Waals surface area contributed by atoms with Gasteiger partial charge in [-0.2, -0.15) is 8.42 Å². The number of H-pyrrole nitrogens is 1. The van der Waals surface area contributed by atoms with Crippen LogP contribution in [-0.4, -0.2) is 43.5 Å². The van der Waals surface area contributed by atoms with Gasteiger partial charge in [-0.3, -0.25) is 9.27 Å². The van der Waals surface area contributed by atoms with E-state index in [9.17, 15) is 8.42 Å². The fourth-order valence-corrected chi connectivity index (χ4v) is 2.47. The van der Waals surface area contributed by atoms with Crippen molar-refractivity contribution in [2.45, 2.75) is 6.42 Å². The molecule has 6 nitrogen and oxygen atoms in total. The molecule has 1 aromatic heterocycles. The van der Waals surface area contributed by atoms with E-state index in [4.69, 9.17) is 4.55 Å². The van der Waals surface area contributed by atoms with Gasteiger partial charge in [-0.15, -0.1) is 0 Å². The summed E-state index contributed by atoms with van der Waals surface area (Å²) in [4.78, 5) is 5.16. The standard InChI is InChI=1S/C12H17N3O3S/c1-15(2)7-6-9-8-13-10-4-3-5-11(12(9)10)14-19(16,17)18/h3-5,8,13-14H,6-7H2,1-2H3,(H,16,17,18). The number of likely N-dealkylation sites (N-methyl/N-ethyl adjacent to an activating group) is 1. The van der Waals surface area contributed by atoms with Gasteiger partial charge in [-0.25, -0.2) is 0 Å². The second kappa shape index (κ2) is 5.20. The third kappa shape index (κ3) is 3.46. The van der Waals surface area contributed by atoms with Crippen molar-refractivity contribution >= 4 is 26.9 Å². The summed E-state index contributed by atoms with van der Waals surface area (Å²) >= 11 is 0. The number of aromatic nitrogens is 1. The minimum atomic E-state index is -4.27. The molecule has 2 aromatic rings. The van der Waals surface area contributed by atoms with Crippen LogP contribution in [-0.2, 0) is 16.7 Å². The average molecular weight is 283 g/mol. The molecule has 0 saturated heterocycles. The van der Waals surface area contributed by atoms with E-state index in [0.717, 1.165) is 29.4 Å². The fraction of sp³-hybridized carbons (Fsp3) is 0.333. The zero-order chi connectivity index (χ0) is 14.0. The summed E-state index contributed by atoms with van der Waals surface area (Å²) in [6.07, 6.45) is 2.65. The number of benzene rings is 1. The maximum absolute atomic E-state index is 11.0. The zero-order valence-corrected chi connectivity index (χ0v) is 11.7. The Balaban J connectivity index is 2.43. The number of rotatable bonds is 5. The molecule has 1 aromatic carbocycles. The highest BCUT2D eigenvalue weighted by molar-refractivity contribution is 7.87. The summed E-state index contributed by atoms with van der Waals surface area (Å²) in [5.41, 5.74) is 2.23. The Morgan fingerprint density at radius 2 is 2.11 bits per heavy atom. The fourth-order valence-electron chi connectivity index (χ4n) is 2.02. The van der Waals surface area contributed by atoms with Crippen LogP contribution in [0.5, 0.6) is 0 Å². The van der Waals surface area contributed by atoms with Crippen LogP contribution in [0.2, 0.25) is 0 Å². The molecule has 1 heterocycles. The number of aromatic amines is 1. The Kier molecular flexibility index (Phi) is 3.79. The van der Waals surface area contributed by atoms with E-state index in [1.807, 2.05) is 26.4 Å². The number of hydrogen-bond donors (Lipinski definition) is 3. The summed E-state index contributed by atoms with van der Waals surface area (Å²) in [7, 11) is -0.312. The third-order valence-electron chi connectivity index (χ3n) is 2.85. The molecule has 0 spiro atoms. The lowest BCUT2D eigenvalue weighted by Crippen LogP contribution is -2.15. The molecule has 0 unspecified atom stereocenters. The first-order chi connectivity index (χ1) is 8.87. The number of hydrogen-bond acceptors (Lipinski definition) is 3. The number of anilines is 1. The molecule has 7 heteroatoms. The van der Waals surface area contributed by atoms with Crippen LogP contribution in [0.3, 0.4) is 0 Å². The minimum Gasteiger partial charge on any atom is -0.361 e. The van der Waals surface area contributed by atoms with Gasteiger partial charge in [-0.1, -0.05) is 6.07 Å². The molecule has 104 valence electrons. The van der Waals surface area contributed by atoms with E-state index >= 15 is 0 Å². The summed E-state index contributed by atoms with van der Waals surface area (Å²) in [5.74, 6) is 0. The third-order valence-corrected chi connectivity index (χ3v) is 3.33. The van der Waals surface area contributed by atoms with E-state index in [-0.39, 0.29) is 0 Å². The number of fused-ring (bicyclic) bond motifs is 1. The van der Waals surface area contributed by atoms with Crippen molar-refractivity contribution in [3.8, 4) is 0 Å². The molecule has 19 heavy (non-hydrogen) atoms. The van der Waals surface area contributed by atoms with Crippen LogP contribution < -0.4 is 4.72 Å². The van der Waals surface area contributed by atoms with Crippen LogP contribution in [0.4, 0.5) is 5.69 Å². The molecule has 0 fully saturated rings. The molecule has 3 N–H and O–H groups in total. The van der Waals surface area contributed by atoms with Crippen molar-refractivity contribution in [1.82, 2.24) is 9.88 Å². The van der Waals surface area contributed by atoms with Crippen molar-refractivity contribution in [1.29, 1.82) is 0 Å². The van der Waals surface area contributed by atoms with Gasteiger partial charge in [-0.05, 0) is 38.2 Å². The van der Waals surface area contributed by atoms with Crippen molar-refractivity contribution in [3.63, 3.8) is 0 Å². The molecule has 0 aliphatic carbocycles. The number of nitrogens with one attached hydrogen (secondary N) is 2. The first kappa shape index (κ1) is 13.9. The quantitative estimate of drug-likeness (QED) is 0.726. The van der Waals surface area contributed by atoms with Crippen molar-refractivity contribution in [3.05, 3.63) is 30.0 Å². The first-order valence-electron chi connectivity index (χ1n) is 5.86. The lowest BCUT2D eigenvalue weighted by atomic mass is 10.1. The van der Waals surface area contributed by atoms with Crippen LogP contribution >= 0.6 is 0 Å². The maximum Gasteiger partial charge on any atom is 0.357 e. The highest BCUT2D eigenvalue weighted by atomic mass is 32.2. The summed E-state index contributed by atoms with van der Waals surface area (Å²) in [5, 5.41) is 0.793. The van der Waals surface area contributed by atoms with Gasteiger partial charge in [0.2, 0.25) is 0 Å². The largest absolute Gasteiger partial charge is 0.361 e. The average Bonchev–Trinajstić information content (AvgIpc) is 2.68. The number of nitrogens with zero attached hydrogens (tertiary/aromatic N) is 1. The summed E-state index contributed by atoms with van der Waals surface area (Å²) in [6, 6.07) is 5.22. The van der Waals surface area contributed by atoms with Crippen LogP contribution in [0.1, 0.15) is 5.56 Å². The highest BCUT2D eigenvalue weighted by Gasteiger charge is 2.12. The second-order valence-corrected chi connectivity index (χ2v) is 5.83. The van der Waals surface area contributed by atoms with Gasteiger partial charge in [0.05, 0.1) is 5.69 Å². The second-order valence-electron chi connectivity index (χ2n) is 4.67. The Morgan fingerprint density at radius 3 is 2.74 bits per heavy atom. The Labute approximate surface area is 112 Å². The topological polar surface area (TPSA) is 85.4 Å². The maximum atomic E-state index is 11.0. The normalized spacial score (nSPS) is 12.2. The van der Waals surface area contributed by atoms with E-state index in [2.05, 4.69) is 14.6 Å². The van der Waals surface area contributed by atoms with Crippen molar-refractivity contribution in [2.24, 2.45) is 0 Å². The van der Waals surface area contributed by atoms with Crippen molar-refractivity contribution in [2.75, 3.05) is 25.4 Å². The van der Waals surface area contributed by atoms with Crippen LogP contribution in [0.25, 0.3) is 10.9 Å². The van der Waals surface area contributed by atoms with Gasteiger partial charge in [0.25, 0.3) is 0 Å². The van der Waals surface area contributed by atoms with Gasteiger partial charge in [0.1, 0.15) is 0 Å². The molecular weight excluding hydrogens is 266 g/mol. The lowest BCUT2D eigenvalue weighted by Gasteiger charge is -2.10. The van der Waals surface area contributed by atoms with Gasteiger partial charge >= 0.3 is 10.3 Å². The van der Waals surface area contributed by atoms with Gasteiger partial charge in [0.15, 0.2) is 0 Å². The Morgan fingerprint density at radius 1 is 1.37 bits per heavy atom. The van der Waals surface area contributed by atoms with Crippen molar-refractivity contribution < 1.29 is 13.0 Å². The van der Waals surface area contributed by atoms with E-state index in [0.29, 0.717) is 5.69 Å². The van der Waals surface area contributed by atoms with E-state index < -0.39 is 10.3 Å². The predicted octanol–water partition coefficient (Wildman–Crippen LogP) is 1.49. The first-order valence-corrected chi connectivity index (χ1v) is 7.30. The molecular formula is C12H17N3O3S. The van der Waals surface area contributed by atoms with Crippen LogP contribution in [0.15, 0.2) is 24.4 Å². The Hall–Kier alpha value is -1.57. The summed E-state index contributed by atoms with van der Waals surface area (Å²) in [6.45, 7) is 0.854. The predicted molar refractivity (Wildman–Crippen MR) is 75.7 cm³/mol. The smallest absolute Gasteiger partial charge is 0.357 e. The minimum absolute atomic E-state index is 0.384. The molecule has 0 saturated carbocycles. The lowest BCUT2D eigenvalue weighted by molar-refractivity contribution is 0.414. The van der Waals surface area contributed by atoms with Gasteiger partial charge < -0.3 is 9.88 Å².